The second-order valence-corrected chi connectivity index (χ2v) is 6.20. The number of ether oxygens (including phenoxy) is 2. The normalized spacial score (nSPS) is 14.5. The first-order valence-electron chi connectivity index (χ1n) is 8.92. The van der Waals surface area contributed by atoms with Crippen molar-refractivity contribution < 1.29 is 23.9 Å². The van der Waals surface area contributed by atoms with Crippen LogP contribution in [0, 0.1) is 0 Å². The van der Waals surface area contributed by atoms with Gasteiger partial charge in [-0.1, -0.05) is 24.6 Å². The predicted octanol–water partition coefficient (Wildman–Crippen LogP) is 1.30. The molecule has 7 nitrogen and oxygen atoms in total. The summed E-state index contributed by atoms with van der Waals surface area (Å²) in [4.78, 5) is 37.0. The number of nitrogens with zero attached hydrogens (tertiary/aromatic N) is 1. The Morgan fingerprint density at radius 2 is 2.00 bits per heavy atom. The van der Waals surface area contributed by atoms with Crippen LogP contribution < -0.4 is 10.1 Å². The van der Waals surface area contributed by atoms with Crippen LogP contribution in [0.25, 0.3) is 0 Å². The van der Waals surface area contributed by atoms with Gasteiger partial charge in [0.2, 0.25) is 5.91 Å². The quantitative estimate of drug-likeness (QED) is 0.705. The van der Waals surface area contributed by atoms with Gasteiger partial charge in [-0.3, -0.25) is 14.4 Å². The summed E-state index contributed by atoms with van der Waals surface area (Å²) in [6, 6.07) is 7.59. The van der Waals surface area contributed by atoms with E-state index in [1.54, 1.807) is 7.11 Å². The van der Waals surface area contributed by atoms with E-state index in [-0.39, 0.29) is 25.0 Å². The largest absolute Gasteiger partial charge is 0.496 e. The number of para-hydroxylation sites is 1. The van der Waals surface area contributed by atoms with Crippen molar-refractivity contribution in [3.05, 3.63) is 29.8 Å². The fourth-order valence-corrected chi connectivity index (χ4v) is 2.85. The van der Waals surface area contributed by atoms with Gasteiger partial charge in [0.1, 0.15) is 12.3 Å². The second kappa shape index (κ2) is 10.4. The van der Waals surface area contributed by atoms with E-state index in [9.17, 15) is 14.4 Å². The maximum absolute atomic E-state index is 11.8. The van der Waals surface area contributed by atoms with E-state index >= 15 is 0 Å². The first-order valence-corrected chi connectivity index (χ1v) is 8.92. The average Bonchev–Trinajstić information content (AvgIpc) is 2.85. The standard InChI is InChI=1S/C19H26N2O5/c1-25-16-8-5-4-7-15(16)10-11-20-17(22)14-26-19(24)13-21-12-6-2-3-9-18(21)23/h4-5,7-8H,2-3,6,9-14H2,1H3,(H,20,22). The Morgan fingerprint density at radius 3 is 2.81 bits per heavy atom. The van der Waals surface area contributed by atoms with E-state index in [1.165, 1.54) is 4.90 Å². The average molecular weight is 362 g/mol. The van der Waals surface area contributed by atoms with Crippen molar-refractivity contribution >= 4 is 17.8 Å². The molecular formula is C19H26N2O5. The van der Waals surface area contributed by atoms with E-state index < -0.39 is 5.97 Å². The topological polar surface area (TPSA) is 84.9 Å². The van der Waals surface area contributed by atoms with Crippen LogP contribution in [0.4, 0.5) is 0 Å². The van der Waals surface area contributed by atoms with Crippen molar-refractivity contribution in [1.29, 1.82) is 0 Å². The van der Waals surface area contributed by atoms with Gasteiger partial charge < -0.3 is 19.7 Å². The first-order chi connectivity index (χ1) is 12.6. The van der Waals surface area contributed by atoms with Crippen molar-refractivity contribution in [2.45, 2.75) is 32.1 Å². The van der Waals surface area contributed by atoms with Crippen molar-refractivity contribution in [2.24, 2.45) is 0 Å². The molecule has 142 valence electrons. The lowest BCUT2D eigenvalue weighted by atomic mass is 10.1. The number of methoxy groups -OCH3 is 1. The molecule has 0 bridgehead atoms. The lowest BCUT2D eigenvalue weighted by molar-refractivity contribution is -0.152. The van der Waals surface area contributed by atoms with Gasteiger partial charge in [0.15, 0.2) is 6.61 Å². The molecule has 26 heavy (non-hydrogen) atoms. The highest BCUT2D eigenvalue weighted by Gasteiger charge is 2.20. The monoisotopic (exact) mass is 362 g/mol. The highest BCUT2D eigenvalue weighted by Crippen LogP contribution is 2.17. The van der Waals surface area contributed by atoms with E-state index in [0.717, 1.165) is 30.6 Å². The van der Waals surface area contributed by atoms with Crippen molar-refractivity contribution in [3.63, 3.8) is 0 Å². The molecular weight excluding hydrogens is 336 g/mol. The Labute approximate surface area is 153 Å². The Hall–Kier alpha value is -2.57. The van der Waals surface area contributed by atoms with Crippen LogP contribution in [0.5, 0.6) is 5.75 Å². The zero-order valence-corrected chi connectivity index (χ0v) is 15.2. The van der Waals surface area contributed by atoms with Gasteiger partial charge in [-0.05, 0) is 30.9 Å². The van der Waals surface area contributed by atoms with Gasteiger partial charge in [0.05, 0.1) is 7.11 Å². The molecule has 0 unspecified atom stereocenters. The molecule has 1 saturated heterocycles. The van der Waals surface area contributed by atoms with Crippen LogP contribution in [0.3, 0.4) is 0 Å². The van der Waals surface area contributed by atoms with Crippen LogP contribution in [0.2, 0.25) is 0 Å². The summed E-state index contributed by atoms with van der Waals surface area (Å²) < 4.78 is 10.2. The number of carbonyl (C=O) groups is 3. The molecule has 0 radical (unpaired) electrons. The summed E-state index contributed by atoms with van der Waals surface area (Å²) >= 11 is 0. The third-order valence-electron chi connectivity index (χ3n) is 4.26. The number of benzene rings is 1. The van der Waals surface area contributed by atoms with E-state index in [4.69, 9.17) is 9.47 Å². The summed E-state index contributed by atoms with van der Waals surface area (Å²) in [6.07, 6.45) is 3.83. The maximum Gasteiger partial charge on any atom is 0.326 e. The van der Waals surface area contributed by atoms with Gasteiger partial charge in [-0.2, -0.15) is 0 Å². The summed E-state index contributed by atoms with van der Waals surface area (Å²) in [7, 11) is 1.60. The molecule has 0 spiro atoms. The molecule has 0 atom stereocenters. The Balaban J connectivity index is 1.66. The molecule has 1 heterocycles. The molecule has 1 N–H and O–H groups in total. The number of rotatable bonds is 8. The number of likely N-dealkylation sites (tertiary alicyclic amines) is 1. The van der Waals surface area contributed by atoms with E-state index in [1.807, 2.05) is 24.3 Å². The highest BCUT2D eigenvalue weighted by molar-refractivity contribution is 5.84. The van der Waals surface area contributed by atoms with Crippen molar-refractivity contribution in [2.75, 3.05) is 33.4 Å². The number of nitrogens with one attached hydrogen (secondary N) is 1. The van der Waals surface area contributed by atoms with Gasteiger partial charge in [-0.25, -0.2) is 0 Å². The van der Waals surface area contributed by atoms with Crippen molar-refractivity contribution in [3.8, 4) is 5.75 Å². The number of amides is 2. The fraction of sp³-hybridized carbons (Fsp3) is 0.526. The molecule has 0 aromatic heterocycles. The van der Waals surface area contributed by atoms with Gasteiger partial charge in [0, 0.05) is 19.5 Å². The molecule has 1 aliphatic heterocycles. The maximum atomic E-state index is 11.8. The molecule has 0 saturated carbocycles. The number of carbonyl (C=O) groups excluding carboxylic acids is 3. The minimum Gasteiger partial charge on any atom is -0.496 e. The number of esters is 1. The SMILES string of the molecule is COc1ccccc1CCNC(=O)COC(=O)CN1CCCCCC1=O. The van der Waals surface area contributed by atoms with Crippen LogP contribution in [-0.2, 0) is 25.5 Å². The number of hydrogen-bond acceptors (Lipinski definition) is 5. The van der Waals surface area contributed by atoms with Crippen LogP contribution in [0.1, 0.15) is 31.2 Å². The lowest BCUT2D eigenvalue weighted by Gasteiger charge is -2.19. The molecule has 2 rings (SSSR count). The van der Waals surface area contributed by atoms with Crippen LogP contribution in [0.15, 0.2) is 24.3 Å². The smallest absolute Gasteiger partial charge is 0.326 e. The first kappa shape index (κ1) is 19.8. The highest BCUT2D eigenvalue weighted by atomic mass is 16.5. The Bertz CT molecular complexity index is 632. The molecule has 1 aromatic rings. The van der Waals surface area contributed by atoms with Gasteiger partial charge >= 0.3 is 5.97 Å². The third kappa shape index (κ3) is 6.38. The van der Waals surface area contributed by atoms with Crippen LogP contribution in [-0.4, -0.2) is 56.0 Å². The summed E-state index contributed by atoms with van der Waals surface area (Å²) in [5.74, 6) is -0.174. The molecule has 7 heteroatoms. The minimum absolute atomic E-state index is 0.0271. The zero-order valence-electron chi connectivity index (χ0n) is 15.2. The Morgan fingerprint density at radius 1 is 1.19 bits per heavy atom. The fourth-order valence-electron chi connectivity index (χ4n) is 2.85. The van der Waals surface area contributed by atoms with Crippen LogP contribution >= 0.6 is 0 Å². The number of hydrogen-bond donors (Lipinski definition) is 1. The predicted molar refractivity (Wildman–Crippen MR) is 95.7 cm³/mol. The van der Waals surface area contributed by atoms with E-state index in [2.05, 4.69) is 5.32 Å². The summed E-state index contributed by atoms with van der Waals surface area (Å²) in [5, 5.41) is 2.71. The molecule has 1 aliphatic rings. The zero-order chi connectivity index (χ0) is 18.8. The van der Waals surface area contributed by atoms with Gasteiger partial charge in [-0.15, -0.1) is 0 Å². The summed E-state index contributed by atoms with van der Waals surface area (Å²) in [6.45, 7) is 0.556. The second-order valence-electron chi connectivity index (χ2n) is 6.20. The minimum atomic E-state index is -0.555. The third-order valence-corrected chi connectivity index (χ3v) is 4.26. The summed E-state index contributed by atoms with van der Waals surface area (Å²) in [5.41, 5.74) is 0.993. The lowest BCUT2D eigenvalue weighted by Crippen LogP contribution is -2.37. The Kier molecular flexibility index (Phi) is 7.92. The molecule has 0 aliphatic carbocycles. The molecule has 1 fully saturated rings. The van der Waals surface area contributed by atoms with Gasteiger partial charge in [0.25, 0.3) is 5.91 Å². The van der Waals surface area contributed by atoms with E-state index in [0.29, 0.717) is 25.9 Å². The van der Waals surface area contributed by atoms with Crippen molar-refractivity contribution in [1.82, 2.24) is 10.2 Å². The molecule has 2 amide bonds. The molecule has 1 aromatic carbocycles.